The zero-order valence-corrected chi connectivity index (χ0v) is 17.8. The van der Waals surface area contributed by atoms with Crippen LogP contribution in [0.3, 0.4) is 0 Å². The SMILES string of the molecule is C=CCN(Cc1ccc(C#N)cc1)C(=O)c1ccc(S(=O)(=O)Nc2ccccc2F)cc1. The van der Waals surface area contributed by atoms with Gasteiger partial charge in [0.1, 0.15) is 5.82 Å². The molecule has 0 aliphatic rings. The summed E-state index contributed by atoms with van der Waals surface area (Å²) in [6, 6.07) is 19.8. The smallest absolute Gasteiger partial charge is 0.261 e. The maximum Gasteiger partial charge on any atom is 0.261 e. The van der Waals surface area contributed by atoms with Crippen molar-refractivity contribution in [2.24, 2.45) is 0 Å². The number of sulfonamides is 1. The van der Waals surface area contributed by atoms with E-state index in [-0.39, 0.29) is 23.0 Å². The van der Waals surface area contributed by atoms with Crippen LogP contribution >= 0.6 is 0 Å². The molecule has 0 saturated heterocycles. The summed E-state index contributed by atoms with van der Waals surface area (Å²) < 4.78 is 41.1. The molecule has 0 spiro atoms. The van der Waals surface area contributed by atoms with E-state index in [1.54, 1.807) is 35.2 Å². The topological polar surface area (TPSA) is 90.3 Å². The zero-order valence-electron chi connectivity index (χ0n) is 17.0. The van der Waals surface area contributed by atoms with E-state index >= 15 is 0 Å². The normalized spacial score (nSPS) is 10.8. The molecule has 1 amide bonds. The average molecular weight is 450 g/mol. The summed E-state index contributed by atoms with van der Waals surface area (Å²) in [6.45, 7) is 4.27. The monoisotopic (exact) mass is 449 g/mol. The lowest BCUT2D eigenvalue weighted by molar-refractivity contribution is 0.0762. The lowest BCUT2D eigenvalue weighted by Crippen LogP contribution is -2.30. The Kier molecular flexibility index (Phi) is 7.03. The van der Waals surface area contributed by atoms with Crippen LogP contribution in [0.15, 0.2) is 90.3 Å². The number of rotatable bonds is 8. The van der Waals surface area contributed by atoms with Gasteiger partial charge >= 0.3 is 0 Å². The third-order valence-electron chi connectivity index (χ3n) is 4.62. The van der Waals surface area contributed by atoms with Crippen molar-refractivity contribution in [2.45, 2.75) is 11.4 Å². The number of halogens is 1. The van der Waals surface area contributed by atoms with Crippen LogP contribution in [0.25, 0.3) is 0 Å². The predicted molar refractivity (Wildman–Crippen MR) is 120 cm³/mol. The van der Waals surface area contributed by atoms with Crippen molar-refractivity contribution < 1.29 is 17.6 Å². The molecule has 3 aromatic rings. The molecule has 3 rings (SSSR count). The second-order valence-electron chi connectivity index (χ2n) is 6.89. The molecular weight excluding hydrogens is 429 g/mol. The van der Waals surface area contributed by atoms with E-state index in [4.69, 9.17) is 5.26 Å². The Morgan fingerprint density at radius 3 is 2.31 bits per heavy atom. The number of para-hydroxylation sites is 1. The minimum Gasteiger partial charge on any atom is -0.331 e. The number of hydrogen-bond donors (Lipinski definition) is 1. The van der Waals surface area contributed by atoms with E-state index in [1.165, 1.54) is 42.5 Å². The minimum atomic E-state index is -4.02. The molecule has 0 fully saturated rings. The molecule has 0 atom stereocenters. The predicted octanol–water partition coefficient (Wildman–Crippen LogP) is 4.33. The number of hydrogen-bond acceptors (Lipinski definition) is 4. The van der Waals surface area contributed by atoms with Crippen LogP contribution in [0.1, 0.15) is 21.5 Å². The van der Waals surface area contributed by atoms with Crippen molar-refractivity contribution in [3.63, 3.8) is 0 Å². The third-order valence-corrected chi connectivity index (χ3v) is 6.00. The number of anilines is 1. The summed E-state index contributed by atoms with van der Waals surface area (Å²) in [7, 11) is -4.02. The Balaban J connectivity index is 1.77. The molecule has 3 aromatic carbocycles. The largest absolute Gasteiger partial charge is 0.331 e. The Morgan fingerprint density at radius 2 is 1.72 bits per heavy atom. The number of carbonyl (C=O) groups is 1. The minimum absolute atomic E-state index is 0.0975. The highest BCUT2D eigenvalue weighted by Gasteiger charge is 2.19. The van der Waals surface area contributed by atoms with Crippen molar-refractivity contribution in [2.75, 3.05) is 11.3 Å². The molecule has 0 heterocycles. The zero-order chi connectivity index (χ0) is 23.1. The van der Waals surface area contributed by atoms with Crippen molar-refractivity contribution in [3.8, 4) is 6.07 Å². The fraction of sp³-hybridized carbons (Fsp3) is 0.0833. The number of amides is 1. The summed E-state index contributed by atoms with van der Waals surface area (Å²) in [5, 5.41) is 8.91. The van der Waals surface area contributed by atoms with Crippen LogP contribution in [0.2, 0.25) is 0 Å². The molecule has 0 aliphatic carbocycles. The standard InChI is InChI=1S/C24H20FN3O3S/c1-2-15-28(17-19-9-7-18(16-26)8-10-19)24(29)20-11-13-21(14-12-20)32(30,31)27-23-6-4-3-5-22(23)25/h2-14,27H,1,15,17H2. The van der Waals surface area contributed by atoms with Crippen LogP contribution in [0.4, 0.5) is 10.1 Å². The van der Waals surface area contributed by atoms with Gasteiger partial charge in [-0.25, -0.2) is 12.8 Å². The number of nitrogens with zero attached hydrogens (tertiary/aromatic N) is 2. The maximum absolute atomic E-state index is 13.8. The highest BCUT2D eigenvalue weighted by atomic mass is 32.2. The summed E-state index contributed by atoms with van der Waals surface area (Å²) >= 11 is 0. The second kappa shape index (κ2) is 9.90. The molecule has 162 valence electrons. The lowest BCUT2D eigenvalue weighted by atomic mass is 10.1. The van der Waals surface area contributed by atoms with Gasteiger partial charge in [0, 0.05) is 18.7 Å². The number of benzene rings is 3. The van der Waals surface area contributed by atoms with E-state index < -0.39 is 15.8 Å². The number of carbonyl (C=O) groups excluding carboxylic acids is 1. The van der Waals surface area contributed by atoms with Crippen molar-refractivity contribution in [1.82, 2.24) is 4.90 Å². The third kappa shape index (κ3) is 5.39. The van der Waals surface area contributed by atoms with Gasteiger partial charge in [-0.15, -0.1) is 6.58 Å². The van der Waals surface area contributed by atoms with Crippen LogP contribution in [-0.2, 0) is 16.6 Å². The first kappa shape index (κ1) is 22.7. The van der Waals surface area contributed by atoms with Gasteiger partial charge in [0.05, 0.1) is 22.2 Å². The summed E-state index contributed by atoms with van der Waals surface area (Å²) in [4.78, 5) is 14.4. The Morgan fingerprint density at radius 1 is 1.06 bits per heavy atom. The quantitative estimate of drug-likeness (QED) is 0.519. The van der Waals surface area contributed by atoms with Crippen molar-refractivity contribution in [1.29, 1.82) is 5.26 Å². The van der Waals surface area contributed by atoms with Gasteiger partial charge in [0.15, 0.2) is 0 Å². The molecule has 0 aromatic heterocycles. The fourth-order valence-electron chi connectivity index (χ4n) is 2.99. The van der Waals surface area contributed by atoms with Gasteiger partial charge in [0.25, 0.3) is 15.9 Å². The Labute approximate surface area is 186 Å². The molecule has 0 bridgehead atoms. The van der Waals surface area contributed by atoms with Crippen molar-refractivity contribution in [3.05, 3.63) is 108 Å². The molecule has 0 saturated carbocycles. The summed E-state index contributed by atoms with van der Waals surface area (Å²) in [5.41, 5.74) is 1.50. The fourth-order valence-corrected chi connectivity index (χ4v) is 4.05. The van der Waals surface area contributed by atoms with Gasteiger partial charge < -0.3 is 4.90 Å². The molecule has 32 heavy (non-hydrogen) atoms. The van der Waals surface area contributed by atoms with Crippen LogP contribution in [0.5, 0.6) is 0 Å². The van der Waals surface area contributed by atoms with Crippen LogP contribution in [0, 0.1) is 17.1 Å². The molecule has 0 aliphatic heterocycles. The van der Waals surface area contributed by atoms with Gasteiger partial charge in [0.2, 0.25) is 0 Å². The van der Waals surface area contributed by atoms with E-state index in [0.717, 1.165) is 11.6 Å². The Bertz CT molecular complexity index is 1270. The van der Waals surface area contributed by atoms with Gasteiger partial charge in [-0.1, -0.05) is 30.3 Å². The lowest BCUT2D eigenvalue weighted by Gasteiger charge is -2.21. The molecule has 0 unspecified atom stereocenters. The highest BCUT2D eigenvalue weighted by Crippen LogP contribution is 2.20. The van der Waals surface area contributed by atoms with E-state index in [0.29, 0.717) is 17.7 Å². The summed E-state index contributed by atoms with van der Waals surface area (Å²) in [5.74, 6) is -0.994. The van der Waals surface area contributed by atoms with E-state index in [1.807, 2.05) is 6.07 Å². The van der Waals surface area contributed by atoms with E-state index in [9.17, 15) is 17.6 Å². The van der Waals surface area contributed by atoms with E-state index in [2.05, 4.69) is 11.3 Å². The molecule has 8 heteroatoms. The first-order chi connectivity index (χ1) is 15.3. The van der Waals surface area contributed by atoms with Gasteiger partial charge in [-0.05, 0) is 54.1 Å². The maximum atomic E-state index is 13.8. The highest BCUT2D eigenvalue weighted by molar-refractivity contribution is 7.92. The van der Waals surface area contributed by atoms with Gasteiger partial charge in [-0.3, -0.25) is 9.52 Å². The van der Waals surface area contributed by atoms with Gasteiger partial charge in [-0.2, -0.15) is 5.26 Å². The van der Waals surface area contributed by atoms with Crippen molar-refractivity contribution >= 4 is 21.6 Å². The first-order valence-electron chi connectivity index (χ1n) is 9.60. The number of nitriles is 1. The van der Waals surface area contributed by atoms with Crippen LogP contribution in [-0.4, -0.2) is 25.8 Å². The number of nitrogens with one attached hydrogen (secondary N) is 1. The summed E-state index contributed by atoms with van der Waals surface area (Å²) in [6.07, 6.45) is 1.60. The molecule has 6 nitrogen and oxygen atoms in total. The molecule has 1 N–H and O–H groups in total. The average Bonchev–Trinajstić information content (AvgIpc) is 2.80. The Hall–Kier alpha value is -3.96. The second-order valence-corrected chi connectivity index (χ2v) is 8.58. The van der Waals surface area contributed by atoms with Crippen LogP contribution < -0.4 is 4.72 Å². The first-order valence-corrected chi connectivity index (χ1v) is 11.1. The molecular formula is C24H20FN3O3S. The molecule has 0 radical (unpaired) electrons.